The summed E-state index contributed by atoms with van der Waals surface area (Å²) in [7, 11) is 0. The van der Waals surface area contributed by atoms with Gasteiger partial charge in [-0.05, 0) is 48.3 Å². The van der Waals surface area contributed by atoms with E-state index in [1.54, 1.807) is 0 Å². The predicted molar refractivity (Wildman–Crippen MR) is 95.5 cm³/mol. The van der Waals surface area contributed by atoms with Crippen molar-refractivity contribution in [1.82, 2.24) is 0 Å². The molecule has 0 aromatic rings. The minimum Gasteiger partial charge on any atom is -0.813 e. The van der Waals surface area contributed by atoms with Crippen LogP contribution in [0.25, 0.3) is 0 Å². The molecule has 0 unspecified atom stereocenters. The maximum atomic E-state index is 7.50. The topological polar surface area (TPSA) is 19.9 Å². The summed E-state index contributed by atoms with van der Waals surface area (Å²) >= 11 is 0. The number of hydrogen-bond donors (Lipinski definition) is 0. The average Bonchev–Trinajstić information content (AvgIpc) is 3.04. The second kappa shape index (κ2) is 13.2. The molecule has 129 valence electrons. The molecule has 0 spiro atoms. The van der Waals surface area contributed by atoms with Gasteiger partial charge in [-0.3, -0.25) is 0 Å². The maximum absolute atomic E-state index is 7.50. The Labute approximate surface area is 162 Å². The third-order valence-corrected chi connectivity index (χ3v) is 5.16. The van der Waals surface area contributed by atoms with Crippen LogP contribution in [0.2, 0.25) is 0 Å². The molecule has 0 atom stereocenters. The van der Waals surface area contributed by atoms with Gasteiger partial charge in [-0.15, -0.1) is 0 Å². The Hall–Kier alpha value is 0.830. The third-order valence-electron chi connectivity index (χ3n) is 5.16. The van der Waals surface area contributed by atoms with E-state index in [2.05, 4.69) is 48.2 Å². The van der Waals surface area contributed by atoms with Gasteiger partial charge in [0.25, 0.3) is 0 Å². The summed E-state index contributed by atoms with van der Waals surface area (Å²) in [4.78, 5) is 0. The molecule has 0 aromatic heterocycles. The minimum atomic E-state index is 0. The van der Waals surface area contributed by atoms with Crippen LogP contribution in [0, 0.1) is 29.3 Å². The van der Waals surface area contributed by atoms with E-state index in [1.807, 2.05) is 0 Å². The molecule has 0 heterocycles. The predicted octanol–water partition coefficient (Wildman–Crippen LogP) is 6.14. The number of rotatable bonds is 0. The normalized spacial score (nSPS) is 18.9. The minimum absolute atomic E-state index is 0. The fourth-order valence-electron chi connectivity index (χ4n) is 3.58. The van der Waals surface area contributed by atoms with Crippen LogP contribution in [0.4, 0.5) is 0 Å². The van der Waals surface area contributed by atoms with Gasteiger partial charge < -0.3 is 13.5 Å². The molecule has 0 aliphatic heterocycles. The molecule has 0 aromatic carbocycles. The molecular weight excluding hydrogens is 457 g/mol. The van der Waals surface area contributed by atoms with Crippen molar-refractivity contribution in [2.75, 3.05) is 0 Å². The summed E-state index contributed by atoms with van der Waals surface area (Å²) < 4.78 is 7.50. The van der Waals surface area contributed by atoms with Crippen molar-refractivity contribution in [1.29, 1.82) is 0 Å². The molecule has 1 radical (unpaired) electrons. The zero-order valence-electron chi connectivity index (χ0n) is 15.6. The first-order valence-electron chi connectivity index (χ1n) is 8.41. The van der Waals surface area contributed by atoms with E-state index in [9.17, 15) is 0 Å². The molecule has 2 rings (SSSR count). The van der Waals surface area contributed by atoms with E-state index < -0.39 is 0 Å². The van der Waals surface area contributed by atoms with Gasteiger partial charge in [-0.25, -0.2) is 0 Å². The van der Waals surface area contributed by atoms with Crippen molar-refractivity contribution >= 4 is 13.5 Å². The monoisotopic (exact) mass is 494 g/mol. The van der Waals surface area contributed by atoms with Crippen molar-refractivity contribution < 1.29 is 27.0 Å². The van der Waals surface area contributed by atoms with Crippen LogP contribution in [-0.4, -0.2) is 0 Å². The molecule has 2 fully saturated rings. The maximum Gasteiger partial charge on any atom is 2.00 e. The van der Waals surface area contributed by atoms with E-state index in [-0.39, 0.29) is 35.9 Å². The molecule has 0 N–H and O–H groups in total. The van der Waals surface area contributed by atoms with E-state index in [0.29, 0.717) is 10.8 Å². The largest absolute Gasteiger partial charge is 2.00 e. The third kappa shape index (κ3) is 11.4. The molecule has 22 heavy (non-hydrogen) atoms. The van der Waals surface area contributed by atoms with E-state index in [1.165, 1.54) is 51.4 Å². The van der Waals surface area contributed by atoms with E-state index in [0.717, 1.165) is 11.8 Å². The van der Waals surface area contributed by atoms with Crippen molar-refractivity contribution in [3.63, 3.8) is 0 Å². The second-order valence-corrected chi connectivity index (χ2v) is 8.69. The quantitative estimate of drug-likeness (QED) is 0.172. The average molecular weight is 495 g/mol. The Bertz CT molecular complexity index is 237. The Balaban J connectivity index is -0.000000273. The van der Waals surface area contributed by atoms with Gasteiger partial charge in [0, 0.05) is 0 Å². The molecule has 0 bridgehead atoms. The van der Waals surface area contributed by atoms with Crippen LogP contribution < -0.4 is 0 Å². The molecular formula is C19H37OSTa+. The molecule has 2 aliphatic rings. The van der Waals surface area contributed by atoms with Gasteiger partial charge in [0.2, 0.25) is 0 Å². The van der Waals surface area contributed by atoms with Crippen molar-refractivity contribution in [3.8, 4) is 0 Å². The summed E-state index contributed by atoms with van der Waals surface area (Å²) in [6.45, 7) is 18.7. The van der Waals surface area contributed by atoms with Crippen LogP contribution in [0.5, 0.6) is 0 Å². The van der Waals surface area contributed by atoms with Gasteiger partial charge >= 0.3 is 33.7 Å². The second-order valence-electron chi connectivity index (χ2n) is 8.69. The van der Waals surface area contributed by atoms with Crippen molar-refractivity contribution in [2.45, 2.75) is 92.9 Å². The van der Waals surface area contributed by atoms with Crippen LogP contribution in [0.3, 0.4) is 0 Å². The van der Waals surface area contributed by atoms with E-state index >= 15 is 0 Å². The first kappa shape index (κ1) is 27.7. The van der Waals surface area contributed by atoms with Gasteiger partial charge in [-0.2, -0.15) is 0 Å². The summed E-state index contributed by atoms with van der Waals surface area (Å²) in [5, 5.41) is 0. The van der Waals surface area contributed by atoms with Gasteiger partial charge in [-0.1, -0.05) is 67.2 Å². The molecule has 1 nitrogen and oxygen atoms in total. The van der Waals surface area contributed by atoms with Gasteiger partial charge in [0.1, 0.15) is 0 Å². The fraction of sp³-hybridized carbons (Fsp3) is 0.947. The Kier molecular flexibility index (Phi) is 16.5. The molecule has 2 aliphatic carbocycles. The van der Waals surface area contributed by atoms with Crippen molar-refractivity contribution in [3.05, 3.63) is 6.65 Å². The number of thiol groups is 1. The molecule has 0 amide bonds. The summed E-state index contributed by atoms with van der Waals surface area (Å²) in [6, 6.07) is 0. The van der Waals surface area contributed by atoms with E-state index in [4.69, 9.17) is 4.65 Å². The first-order valence-corrected chi connectivity index (χ1v) is 8.41. The number of hydrogen-bond acceptors (Lipinski definition) is 1. The molecule has 2 saturated carbocycles. The van der Waals surface area contributed by atoms with Crippen LogP contribution in [0.15, 0.2) is 0 Å². The summed E-state index contributed by atoms with van der Waals surface area (Å²) in [5.41, 5.74) is 1.16. The summed E-state index contributed by atoms with van der Waals surface area (Å²) in [5.74, 6) is 2.02. The zero-order chi connectivity index (χ0) is 15.8. The Morgan fingerprint density at radius 3 is 0.909 bits per heavy atom. The fourth-order valence-corrected chi connectivity index (χ4v) is 3.58. The standard InChI is InChI=1S/2C9H18.CO.H2S.Ta/c2*1-9(2,3)8-6-4-5-7-8;1-2;;/h2*8H,4-7H2,1-3H3;;1H2;/q;;;;+2/p-1. The first-order chi connectivity index (χ1) is 9.21. The van der Waals surface area contributed by atoms with Crippen LogP contribution in [-0.2, 0) is 40.5 Å². The van der Waals surface area contributed by atoms with Crippen LogP contribution >= 0.6 is 0 Å². The zero-order valence-corrected chi connectivity index (χ0v) is 19.7. The molecule has 0 saturated heterocycles. The Morgan fingerprint density at radius 1 is 0.636 bits per heavy atom. The van der Waals surface area contributed by atoms with Gasteiger partial charge in [0.15, 0.2) is 0 Å². The smallest absolute Gasteiger partial charge is 0.813 e. The van der Waals surface area contributed by atoms with Crippen LogP contribution in [0.1, 0.15) is 92.9 Å². The molecule has 3 heteroatoms. The Morgan fingerprint density at radius 2 is 0.818 bits per heavy atom. The SMILES string of the molecule is CC(C)(C)C1CCCC1.CC(C)(C)C1CCCC1.[C-]#[O+].[SH-].[Ta+2]. The van der Waals surface area contributed by atoms with Gasteiger partial charge in [0.05, 0.1) is 0 Å². The van der Waals surface area contributed by atoms with Crippen molar-refractivity contribution in [2.24, 2.45) is 22.7 Å². The summed E-state index contributed by atoms with van der Waals surface area (Å²) in [6.07, 6.45) is 11.8.